The molecule has 2 unspecified atom stereocenters. The maximum Gasteiger partial charge on any atom is 0.305 e. The summed E-state index contributed by atoms with van der Waals surface area (Å²) in [5.74, 6) is -0.0699. The second-order valence-corrected chi connectivity index (χ2v) is 21.0. The maximum absolute atomic E-state index is 12.4. The van der Waals surface area contributed by atoms with Gasteiger partial charge in [0.05, 0.1) is 25.4 Å². The zero-order chi connectivity index (χ0) is 50.7. The van der Waals surface area contributed by atoms with Crippen molar-refractivity contribution in [3.63, 3.8) is 0 Å². The first-order valence-electron chi connectivity index (χ1n) is 30.9. The van der Waals surface area contributed by atoms with E-state index in [0.717, 1.165) is 51.4 Å². The van der Waals surface area contributed by atoms with E-state index in [-0.39, 0.29) is 18.5 Å². The van der Waals surface area contributed by atoms with Crippen LogP contribution in [-0.2, 0) is 14.3 Å². The minimum Gasteiger partial charge on any atom is -0.466 e. The number of hydrogen-bond donors (Lipinski definition) is 3. The molecule has 3 N–H and O–H groups in total. The third kappa shape index (κ3) is 55.1. The number of aliphatic hydroxyl groups excluding tert-OH is 2. The summed E-state index contributed by atoms with van der Waals surface area (Å²) >= 11 is 0. The molecule has 1 amide bonds. The fraction of sp³-hybridized carbons (Fsp3) is 0.844. The summed E-state index contributed by atoms with van der Waals surface area (Å²) in [5, 5.41) is 23.0. The van der Waals surface area contributed by atoms with Crippen LogP contribution in [0.25, 0.3) is 0 Å². The Labute approximate surface area is 436 Å². The van der Waals surface area contributed by atoms with Crippen molar-refractivity contribution >= 4 is 11.9 Å². The number of carbonyl (C=O) groups excluding carboxylic acids is 2. The molecular weight excluding hydrogens is 863 g/mol. The van der Waals surface area contributed by atoms with Crippen molar-refractivity contribution in [2.75, 3.05) is 13.2 Å². The van der Waals surface area contributed by atoms with E-state index in [1.54, 1.807) is 6.08 Å². The van der Waals surface area contributed by atoms with Crippen LogP contribution in [0.1, 0.15) is 322 Å². The molecular formula is C64H119NO5. The Balaban J connectivity index is 3.39. The van der Waals surface area contributed by atoms with Crippen LogP contribution in [0.2, 0.25) is 0 Å². The highest BCUT2D eigenvalue weighted by Crippen LogP contribution is 2.16. The molecule has 2 atom stereocenters. The Bertz CT molecular complexity index is 1180. The van der Waals surface area contributed by atoms with E-state index in [9.17, 15) is 19.8 Å². The molecule has 0 aromatic carbocycles. The lowest BCUT2D eigenvalue weighted by Crippen LogP contribution is -2.45. The quantitative estimate of drug-likeness (QED) is 0.0321. The molecule has 0 aromatic heterocycles. The highest BCUT2D eigenvalue weighted by atomic mass is 16.5. The van der Waals surface area contributed by atoms with Crippen LogP contribution in [0, 0.1) is 0 Å². The Morgan fingerprint density at radius 2 is 0.714 bits per heavy atom. The van der Waals surface area contributed by atoms with Crippen LogP contribution in [-0.4, -0.2) is 47.4 Å². The van der Waals surface area contributed by atoms with Crippen molar-refractivity contribution in [3.8, 4) is 0 Å². The Morgan fingerprint density at radius 1 is 0.400 bits per heavy atom. The number of ether oxygens (including phenoxy) is 1. The van der Waals surface area contributed by atoms with Gasteiger partial charge >= 0.3 is 5.97 Å². The van der Waals surface area contributed by atoms with E-state index in [4.69, 9.17) is 4.74 Å². The summed E-state index contributed by atoms with van der Waals surface area (Å²) in [6, 6.07) is -0.628. The fourth-order valence-corrected chi connectivity index (χ4v) is 9.31. The number of carbonyl (C=O) groups is 2. The highest BCUT2D eigenvalue weighted by Gasteiger charge is 2.18. The third-order valence-electron chi connectivity index (χ3n) is 14.1. The minimum absolute atomic E-state index is 0.000231. The first-order valence-corrected chi connectivity index (χ1v) is 30.9. The van der Waals surface area contributed by atoms with Gasteiger partial charge in [-0.3, -0.25) is 9.59 Å². The van der Waals surface area contributed by atoms with Gasteiger partial charge in [-0.05, 0) is 89.9 Å². The highest BCUT2D eigenvalue weighted by molar-refractivity contribution is 5.76. The average Bonchev–Trinajstić information content (AvgIpc) is 3.36. The lowest BCUT2D eigenvalue weighted by atomic mass is 10.0. The van der Waals surface area contributed by atoms with Gasteiger partial charge in [-0.15, -0.1) is 0 Å². The van der Waals surface area contributed by atoms with Crippen molar-refractivity contribution in [1.82, 2.24) is 5.32 Å². The van der Waals surface area contributed by atoms with Crippen LogP contribution < -0.4 is 5.32 Å². The summed E-state index contributed by atoms with van der Waals surface area (Å²) in [4.78, 5) is 24.5. The fourth-order valence-electron chi connectivity index (χ4n) is 9.31. The van der Waals surface area contributed by atoms with Crippen LogP contribution in [0.4, 0.5) is 0 Å². The van der Waals surface area contributed by atoms with Gasteiger partial charge in [0.15, 0.2) is 0 Å². The van der Waals surface area contributed by atoms with Crippen LogP contribution >= 0.6 is 0 Å². The van der Waals surface area contributed by atoms with Crippen LogP contribution in [0.5, 0.6) is 0 Å². The number of esters is 1. The number of amides is 1. The van der Waals surface area contributed by atoms with Crippen molar-refractivity contribution in [2.24, 2.45) is 0 Å². The first-order chi connectivity index (χ1) is 34.5. The van der Waals surface area contributed by atoms with Gasteiger partial charge in [0, 0.05) is 12.8 Å². The molecule has 6 heteroatoms. The number of allylic oxidation sites excluding steroid dienone is 7. The van der Waals surface area contributed by atoms with Crippen molar-refractivity contribution < 1.29 is 24.5 Å². The smallest absolute Gasteiger partial charge is 0.305 e. The summed E-state index contributed by atoms with van der Waals surface area (Å²) in [6.07, 6.45) is 75.9. The number of nitrogens with one attached hydrogen (secondary N) is 1. The van der Waals surface area contributed by atoms with E-state index >= 15 is 0 Å². The SMILES string of the molecule is CCCCC/C=C\C/C=C\CCCCCCCC(=O)OCCCCCCCCCCCCCC/C=C\CCCCCCCCCCCCCC(=O)NC(CO)C(O)/C=C/CCCCCCCCCCC. The number of hydrogen-bond acceptors (Lipinski definition) is 5. The zero-order valence-corrected chi connectivity index (χ0v) is 46.7. The van der Waals surface area contributed by atoms with Crippen LogP contribution in [0.15, 0.2) is 48.6 Å². The number of unbranched alkanes of at least 4 members (excludes halogenated alkanes) is 40. The second kappa shape index (κ2) is 59.4. The summed E-state index contributed by atoms with van der Waals surface area (Å²) < 4.78 is 5.48. The number of rotatable bonds is 57. The zero-order valence-electron chi connectivity index (χ0n) is 46.7. The Kier molecular flexibility index (Phi) is 57.5. The molecule has 0 saturated heterocycles. The Hall–Kier alpha value is -2.18. The largest absolute Gasteiger partial charge is 0.466 e. The molecule has 70 heavy (non-hydrogen) atoms. The van der Waals surface area contributed by atoms with E-state index in [1.165, 1.54) is 244 Å². The summed E-state index contributed by atoms with van der Waals surface area (Å²) in [7, 11) is 0. The molecule has 0 bridgehead atoms. The summed E-state index contributed by atoms with van der Waals surface area (Å²) in [6.45, 7) is 4.86. The van der Waals surface area contributed by atoms with Gasteiger partial charge in [-0.1, -0.05) is 268 Å². The predicted octanol–water partition coefficient (Wildman–Crippen LogP) is 19.4. The van der Waals surface area contributed by atoms with E-state index in [1.807, 2.05) is 6.08 Å². The molecule has 0 rings (SSSR count). The molecule has 0 aliphatic heterocycles. The lowest BCUT2D eigenvalue weighted by molar-refractivity contribution is -0.143. The van der Waals surface area contributed by atoms with E-state index < -0.39 is 12.1 Å². The maximum atomic E-state index is 12.4. The third-order valence-corrected chi connectivity index (χ3v) is 14.1. The van der Waals surface area contributed by atoms with E-state index in [0.29, 0.717) is 19.4 Å². The standard InChI is InChI=1S/C64H119NO5/c1-3-5-7-9-11-13-15-16-30-34-38-42-46-50-54-58-64(69)70-59-55-51-47-43-39-35-32-29-27-25-23-21-19-17-18-20-22-24-26-28-31-33-37-41-45-49-53-57-63(68)65-61(60-66)62(67)56-52-48-44-40-36-14-12-10-8-6-4-2/h11,13,16-18,30,52,56,61-62,66-67H,3-10,12,14-15,19-29,31-51,53-55,57-60H2,1-2H3,(H,65,68)/b13-11-,18-17-,30-16-,56-52+. The molecule has 0 aliphatic carbocycles. The molecule has 0 spiro atoms. The Morgan fingerprint density at radius 3 is 1.13 bits per heavy atom. The van der Waals surface area contributed by atoms with Gasteiger partial charge in [-0.25, -0.2) is 0 Å². The predicted molar refractivity (Wildman–Crippen MR) is 306 cm³/mol. The van der Waals surface area contributed by atoms with Crippen molar-refractivity contribution in [3.05, 3.63) is 48.6 Å². The number of aliphatic hydroxyl groups is 2. The van der Waals surface area contributed by atoms with Gasteiger partial charge in [0.2, 0.25) is 5.91 Å². The molecule has 410 valence electrons. The molecule has 0 aromatic rings. The van der Waals surface area contributed by atoms with Gasteiger partial charge < -0.3 is 20.3 Å². The summed E-state index contributed by atoms with van der Waals surface area (Å²) in [5.41, 5.74) is 0. The molecule has 6 nitrogen and oxygen atoms in total. The minimum atomic E-state index is -0.844. The molecule has 0 aliphatic rings. The van der Waals surface area contributed by atoms with Crippen molar-refractivity contribution in [1.29, 1.82) is 0 Å². The molecule has 0 saturated carbocycles. The molecule has 0 radical (unpaired) electrons. The topological polar surface area (TPSA) is 95.9 Å². The lowest BCUT2D eigenvalue weighted by Gasteiger charge is -2.20. The van der Waals surface area contributed by atoms with Gasteiger partial charge in [-0.2, -0.15) is 0 Å². The normalized spacial score (nSPS) is 12.9. The molecule has 0 fully saturated rings. The van der Waals surface area contributed by atoms with E-state index in [2.05, 4.69) is 55.6 Å². The monoisotopic (exact) mass is 982 g/mol. The van der Waals surface area contributed by atoms with Gasteiger partial charge in [0.1, 0.15) is 0 Å². The van der Waals surface area contributed by atoms with Crippen molar-refractivity contribution in [2.45, 2.75) is 334 Å². The molecule has 0 heterocycles. The first kappa shape index (κ1) is 67.8. The average molecular weight is 983 g/mol. The van der Waals surface area contributed by atoms with Gasteiger partial charge in [0.25, 0.3) is 0 Å². The second-order valence-electron chi connectivity index (χ2n) is 21.0. The van der Waals surface area contributed by atoms with Crippen LogP contribution in [0.3, 0.4) is 0 Å².